The van der Waals surface area contributed by atoms with Crippen molar-refractivity contribution in [3.8, 4) is 0 Å². The second-order valence-corrected chi connectivity index (χ2v) is 7.53. The molecule has 4 rings (SSSR count). The Balaban J connectivity index is 0.00000160. The first-order chi connectivity index (χ1) is 13.3. The van der Waals surface area contributed by atoms with Crippen LogP contribution in [0.2, 0.25) is 0 Å². The number of halogens is 6. The summed E-state index contributed by atoms with van der Waals surface area (Å²) in [5.74, 6) is -8.33. The second-order valence-electron chi connectivity index (χ2n) is 7.53. The third-order valence-corrected chi connectivity index (χ3v) is 5.70. The van der Waals surface area contributed by atoms with Gasteiger partial charge in [-0.15, -0.1) is 24.8 Å². The molecule has 1 aromatic heterocycles. The zero-order valence-electron chi connectivity index (χ0n) is 16.0. The Bertz CT molecular complexity index is 707. The number of nitrogens with one attached hydrogen (secondary N) is 1. The highest BCUT2D eigenvalue weighted by Gasteiger charge is 2.64. The zero-order chi connectivity index (χ0) is 19.9. The molecule has 3 fully saturated rings. The fraction of sp³-hybridized carbons (Fsp3) is 0.706. The summed E-state index contributed by atoms with van der Waals surface area (Å²) in [5, 5.41) is 3.02. The molecular formula is C17H24Cl2F4N6O. The van der Waals surface area contributed by atoms with E-state index in [1.165, 1.54) is 0 Å². The van der Waals surface area contributed by atoms with Crippen molar-refractivity contribution in [3.63, 3.8) is 0 Å². The molecule has 170 valence electrons. The summed E-state index contributed by atoms with van der Waals surface area (Å²) in [7, 11) is 0. The van der Waals surface area contributed by atoms with E-state index in [9.17, 15) is 22.4 Å². The van der Waals surface area contributed by atoms with Crippen LogP contribution in [0.1, 0.15) is 6.42 Å². The van der Waals surface area contributed by atoms with Crippen LogP contribution < -0.4 is 10.2 Å². The Morgan fingerprint density at radius 3 is 2.13 bits per heavy atom. The van der Waals surface area contributed by atoms with Crippen LogP contribution in [-0.2, 0) is 4.79 Å². The minimum atomic E-state index is -4.17. The molecule has 0 aliphatic carbocycles. The predicted molar refractivity (Wildman–Crippen MR) is 107 cm³/mol. The normalized spacial score (nSPS) is 28.0. The van der Waals surface area contributed by atoms with Crippen LogP contribution in [0.3, 0.4) is 0 Å². The molecule has 2 atom stereocenters. The van der Waals surface area contributed by atoms with Crippen LogP contribution in [-0.4, -0.2) is 95.4 Å². The van der Waals surface area contributed by atoms with Gasteiger partial charge in [0.1, 0.15) is 0 Å². The van der Waals surface area contributed by atoms with E-state index < -0.39 is 36.9 Å². The molecule has 30 heavy (non-hydrogen) atoms. The van der Waals surface area contributed by atoms with E-state index in [0.717, 1.165) is 26.2 Å². The number of amides is 1. The molecule has 0 aromatic carbocycles. The number of hydrogen-bond acceptors (Lipinski definition) is 6. The van der Waals surface area contributed by atoms with Gasteiger partial charge in [-0.2, -0.15) is 17.6 Å². The van der Waals surface area contributed by atoms with Gasteiger partial charge in [-0.05, 0) is 12.5 Å². The van der Waals surface area contributed by atoms with Crippen LogP contribution in [0.5, 0.6) is 0 Å². The van der Waals surface area contributed by atoms with Gasteiger partial charge in [0.25, 0.3) is 0 Å². The lowest BCUT2D eigenvalue weighted by Crippen LogP contribution is -2.51. The van der Waals surface area contributed by atoms with E-state index in [1.807, 2.05) is 0 Å². The molecule has 3 aliphatic rings. The average molecular weight is 475 g/mol. The lowest BCUT2D eigenvalue weighted by molar-refractivity contribution is -0.172. The van der Waals surface area contributed by atoms with Crippen LogP contribution in [0, 0.1) is 0 Å². The number of hydrogen-bond donors (Lipinski definition) is 1. The number of piperazine rings is 1. The van der Waals surface area contributed by atoms with E-state index in [0.29, 0.717) is 23.8 Å². The fourth-order valence-electron chi connectivity index (χ4n) is 4.07. The number of nitrogens with zero attached hydrogens (tertiary/aromatic N) is 5. The SMILES string of the molecule is Cl.Cl.O=C([C@@H]1C[C@H](N2CCN(c3ncccn3)CC2)CN1)N1CC(F)(F)C(F)(F)C1. The maximum Gasteiger partial charge on any atom is 0.329 e. The van der Waals surface area contributed by atoms with Crippen molar-refractivity contribution in [3.05, 3.63) is 18.5 Å². The third-order valence-electron chi connectivity index (χ3n) is 5.70. The number of carbonyl (C=O) groups is 1. The number of alkyl halides is 4. The van der Waals surface area contributed by atoms with Gasteiger partial charge in [-0.1, -0.05) is 0 Å². The van der Waals surface area contributed by atoms with Gasteiger partial charge in [0.05, 0.1) is 19.1 Å². The number of rotatable bonds is 3. The number of aromatic nitrogens is 2. The van der Waals surface area contributed by atoms with Crippen molar-refractivity contribution < 1.29 is 22.4 Å². The quantitative estimate of drug-likeness (QED) is 0.665. The van der Waals surface area contributed by atoms with Gasteiger partial charge < -0.3 is 15.1 Å². The van der Waals surface area contributed by atoms with Crippen LogP contribution in [0.4, 0.5) is 23.5 Å². The smallest absolute Gasteiger partial charge is 0.329 e. The van der Waals surface area contributed by atoms with Gasteiger partial charge in [-0.3, -0.25) is 9.69 Å². The van der Waals surface area contributed by atoms with Crippen molar-refractivity contribution in [2.75, 3.05) is 50.7 Å². The first-order valence-corrected chi connectivity index (χ1v) is 9.31. The highest BCUT2D eigenvalue weighted by Crippen LogP contribution is 2.41. The summed E-state index contributed by atoms with van der Waals surface area (Å²) in [5.41, 5.74) is 0. The van der Waals surface area contributed by atoms with Crippen molar-refractivity contribution in [1.82, 2.24) is 25.1 Å². The predicted octanol–water partition coefficient (Wildman–Crippen LogP) is 1.29. The summed E-state index contributed by atoms with van der Waals surface area (Å²) in [4.78, 5) is 25.8. The van der Waals surface area contributed by atoms with Gasteiger partial charge in [-0.25, -0.2) is 9.97 Å². The summed E-state index contributed by atoms with van der Waals surface area (Å²) in [6.07, 6.45) is 3.81. The lowest BCUT2D eigenvalue weighted by Gasteiger charge is -2.37. The molecule has 7 nitrogen and oxygen atoms in total. The number of carbonyl (C=O) groups excluding carboxylic acids is 1. The summed E-state index contributed by atoms with van der Waals surface area (Å²) in [6, 6.07) is 1.12. The minimum absolute atomic E-state index is 0. The Labute approximate surface area is 184 Å². The fourth-order valence-corrected chi connectivity index (χ4v) is 4.07. The zero-order valence-corrected chi connectivity index (χ0v) is 17.6. The molecule has 0 radical (unpaired) electrons. The van der Waals surface area contributed by atoms with E-state index in [1.54, 1.807) is 18.5 Å². The summed E-state index contributed by atoms with van der Waals surface area (Å²) in [6.45, 7) is 1.07. The highest BCUT2D eigenvalue weighted by atomic mass is 35.5. The van der Waals surface area contributed by atoms with Gasteiger partial charge >= 0.3 is 11.8 Å². The topological polar surface area (TPSA) is 64.6 Å². The molecule has 4 heterocycles. The van der Waals surface area contributed by atoms with Crippen LogP contribution >= 0.6 is 24.8 Å². The number of likely N-dealkylation sites (tertiary alicyclic amines) is 1. The lowest BCUT2D eigenvalue weighted by atomic mass is 10.1. The maximum atomic E-state index is 13.4. The van der Waals surface area contributed by atoms with Crippen molar-refractivity contribution in [1.29, 1.82) is 0 Å². The van der Waals surface area contributed by atoms with Crippen molar-refractivity contribution >= 4 is 36.7 Å². The molecule has 0 spiro atoms. The van der Waals surface area contributed by atoms with E-state index >= 15 is 0 Å². The first kappa shape index (κ1) is 24.8. The van der Waals surface area contributed by atoms with Gasteiger partial charge in [0, 0.05) is 51.2 Å². The largest absolute Gasteiger partial charge is 0.338 e. The molecule has 1 amide bonds. The van der Waals surface area contributed by atoms with Gasteiger partial charge in [0.2, 0.25) is 11.9 Å². The summed E-state index contributed by atoms with van der Waals surface area (Å²) >= 11 is 0. The molecule has 13 heteroatoms. The molecule has 0 unspecified atom stereocenters. The van der Waals surface area contributed by atoms with Crippen LogP contribution in [0.25, 0.3) is 0 Å². The van der Waals surface area contributed by atoms with Crippen molar-refractivity contribution in [2.45, 2.75) is 30.3 Å². The molecule has 1 aromatic rings. The third kappa shape index (κ3) is 4.74. The number of anilines is 1. The molecule has 3 aliphatic heterocycles. The first-order valence-electron chi connectivity index (χ1n) is 9.31. The van der Waals surface area contributed by atoms with E-state index in [4.69, 9.17) is 0 Å². The van der Waals surface area contributed by atoms with E-state index in [2.05, 4.69) is 25.1 Å². The molecule has 3 saturated heterocycles. The van der Waals surface area contributed by atoms with E-state index in [-0.39, 0.29) is 30.9 Å². The maximum absolute atomic E-state index is 13.4. The monoisotopic (exact) mass is 474 g/mol. The summed E-state index contributed by atoms with van der Waals surface area (Å²) < 4.78 is 53.5. The second kappa shape index (κ2) is 9.37. The Kier molecular flexibility index (Phi) is 7.76. The highest BCUT2D eigenvalue weighted by molar-refractivity contribution is 5.85. The molecule has 1 N–H and O–H groups in total. The molecular weight excluding hydrogens is 451 g/mol. The minimum Gasteiger partial charge on any atom is -0.338 e. The van der Waals surface area contributed by atoms with Gasteiger partial charge in [0.15, 0.2) is 0 Å². The standard InChI is InChI=1S/C17H22F4N6O.2ClH/c18-16(19)10-27(11-17(16,20)21)14(28)13-8-12(9-24-13)25-4-6-26(7-5-25)15-22-2-1-3-23-15;;/h1-3,12-13,24H,4-11H2;2*1H/t12-,13-;;/m0../s1. The average Bonchev–Trinajstić information content (AvgIpc) is 3.25. The molecule has 0 saturated carbocycles. The Hall–Kier alpha value is -1.43. The molecule has 0 bridgehead atoms. The Morgan fingerprint density at radius 2 is 1.57 bits per heavy atom. The van der Waals surface area contributed by atoms with Crippen LogP contribution in [0.15, 0.2) is 18.5 Å². The Morgan fingerprint density at radius 1 is 1.00 bits per heavy atom. The van der Waals surface area contributed by atoms with Crippen molar-refractivity contribution in [2.24, 2.45) is 0 Å².